The third-order valence-corrected chi connectivity index (χ3v) is 2.44. The number of nitrogens with zero attached hydrogens (tertiary/aromatic N) is 1. The first-order chi connectivity index (χ1) is 7.11. The first-order valence-electron chi connectivity index (χ1n) is 5.24. The second-order valence-corrected chi connectivity index (χ2v) is 3.81. The van der Waals surface area contributed by atoms with E-state index >= 15 is 0 Å². The van der Waals surface area contributed by atoms with Crippen LogP contribution in [0.1, 0.15) is 13.8 Å². The van der Waals surface area contributed by atoms with Crippen LogP contribution in [0.25, 0.3) is 0 Å². The maximum Gasteiger partial charge on any atom is 0.0642 e. The summed E-state index contributed by atoms with van der Waals surface area (Å²) in [4.78, 5) is 2.25. The van der Waals surface area contributed by atoms with Crippen molar-refractivity contribution in [2.24, 2.45) is 5.73 Å². The van der Waals surface area contributed by atoms with Crippen LogP contribution in [0.4, 0.5) is 0 Å². The van der Waals surface area contributed by atoms with Gasteiger partial charge >= 0.3 is 0 Å². The Bertz CT molecular complexity index is 282. The first-order valence-corrected chi connectivity index (χ1v) is 5.24. The van der Waals surface area contributed by atoms with E-state index < -0.39 is 0 Å². The molecule has 1 aliphatic rings. The number of rotatable bonds is 3. The molecular formula is C12H20N2O. The number of hydrogen-bond donors (Lipinski definition) is 1. The Balaban J connectivity index is 2.58. The van der Waals surface area contributed by atoms with Crippen LogP contribution in [-0.2, 0) is 4.74 Å². The number of allylic oxidation sites excluding steroid dienone is 4. The summed E-state index contributed by atoms with van der Waals surface area (Å²) < 4.78 is 5.29. The smallest absolute Gasteiger partial charge is 0.0642 e. The predicted molar refractivity (Wildman–Crippen MR) is 63.2 cm³/mol. The molecular weight excluding hydrogens is 188 g/mol. The maximum atomic E-state index is 5.57. The molecule has 1 fully saturated rings. The molecule has 84 valence electrons. The van der Waals surface area contributed by atoms with E-state index in [1.54, 1.807) is 0 Å². The standard InChI is InChI=1S/C12H20N2O/c1-10(4-5-11(2)13)12(3)14-6-8-15-9-7-14/h4-5H,3,6-9,13H2,1-2H3/b10-4+,11-5+. The number of nitrogens with two attached hydrogens (primary N) is 1. The van der Waals surface area contributed by atoms with Gasteiger partial charge in [-0.05, 0) is 25.5 Å². The number of hydrogen-bond acceptors (Lipinski definition) is 3. The lowest BCUT2D eigenvalue weighted by molar-refractivity contribution is 0.0550. The van der Waals surface area contributed by atoms with Gasteiger partial charge in [0.15, 0.2) is 0 Å². The predicted octanol–water partition coefficient (Wildman–Crippen LogP) is 1.64. The van der Waals surface area contributed by atoms with Crippen molar-refractivity contribution >= 4 is 0 Å². The van der Waals surface area contributed by atoms with E-state index in [1.165, 1.54) is 0 Å². The average Bonchev–Trinajstić information content (AvgIpc) is 2.26. The molecule has 1 saturated heterocycles. The molecule has 0 radical (unpaired) electrons. The van der Waals surface area contributed by atoms with Crippen LogP contribution in [0.2, 0.25) is 0 Å². The van der Waals surface area contributed by atoms with Crippen molar-refractivity contribution in [2.75, 3.05) is 26.3 Å². The van der Waals surface area contributed by atoms with Gasteiger partial charge in [0, 0.05) is 24.5 Å². The zero-order valence-corrected chi connectivity index (χ0v) is 9.62. The highest BCUT2D eigenvalue weighted by Gasteiger charge is 2.12. The van der Waals surface area contributed by atoms with Crippen LogP contribution in [0.3, 0.4) is 0 Å². The molecule has 15 heavy (non-hydrogen) atoms. The Morgan fingerprint density at radius 2 is 1.87 bits per heavy atom. The van der Waals surface area contributed by atoms with Crippen LogP contribution in [0.5, 0.6) is 0 Å². The quantitative estimate of drug-likeness (QED) is 0.717. The van der Waals surface area contributed by atoms with Crippen molar-refractivity contribution in [3.05, 3.63) is 35.7 Å². The minimum Gasteiger partial charge on any atom is -0.402 e. The van der Waals surface area contributed by atoms with Crippen molar-refractivity contribution in [3.8, 4) is 0 Å². The van der Waals surface area contributed by atoms with E-state index in [4.69, 9.17) is 10.5 Å². The zero-order chi connectivity index (χ0) is 11.3. The van der Waals surface area contributed by atoms with Crippen molar-refractivity contribution < 1.29 is 4.74 Å². The second kappa shape index (κ2) is 5.61. The summed E-state index contributed by atoms with van der Waals surface area (Å²) >= 11 is 0. The molecule has 2 N–H and O–H groups in total. The largest absolute Gasteiger partial charge is 0.402 e. The van der Waals surface area contributed by atoms with E-state index in [1.807, 2.05) is 19.1 Å². The summed E-state index contributed by atoms with van der Waals surface area (Å²) in [5, 5.41) is 0. The van der Waals surface area contributed by atoms with Crippen molar-refractivity contribution in [1.29, 1.82) is 0 Å². The van der Waals surface area contributed by atoms with Crippen LogP contribution < -0.4 is 5.73 Å². The molecule has 0 aliphatic carbocycles. The minimum atomic E-state index is 0.790. The minimum absolute atomic E-state index is 0.790. The fourth-order valence-corrected chi connectivity index (χ4v) is 1.44. The highest BCUT2D eigenvalue weighted by atomic mass is 16.5. The molecule has 1 aliphatic heterocycles. The second-order valence-electron chi connectivity index (χ2n) is 3.81. The molecule has 0 bridgehead atoms. The van der Waals surface area contributed by atoms with E-state index in [0.29, 0.717) is 0 Å². The van der Waals surface area contributed by atoms with Gasteiger partial charge in [-0.1, -0.05) is 12.7 Å². The van der Waals surface area contributed by atoms with Crippen molar-refractivity contribution in [1.82, 2.24) is 4.90 Å². The molecule has 0 atom stereocenters. The van der Waals surface area contributed by atoms with Crippen LogP contribution in [-0.4, -0.2) is 31.2 Å². The van der Waals surface area contributed by atoms with Crippen LogP contribution in [0, 0.1) is 0 Å². The van der Waals surface area contributed by atoms with E-state index in [0.717, 1.165) is 43.3 Å². The number of morpholine rings is 1. The van der Waals surface area contributed by atoms with Gasteiger partial charge < -0.3 is 15.4 Å². The molecule has 3 heteroatoms. The van der Waals surface area contributed by atoms with Crippen LogP contribution >= 0.6 is 0 Å². The summed E-state index contributed by atoms with van der Waals surface area (Å²) in [6.45, 7) is 11.4. The fourth-order valence-electron chi connectivity index (χ4n) is 1.44. The van der Waals surface area contributed by atoms with Gasteiger partial charge in [-0.3, -0.25) is 0 Å². The highest BCUT2D eigenvalue weighted by Crippen LogP contribution is 2.14. The first kappa shape index (κ1) is 11.9. The molecule has 0 aromatic carbocycles. The maximum absolute atomic E-state index is 5.57. The van der Waals surface area contributed by atoms with Gasteiger partial charge in [0.2, 0.25) is 0 Å². The molecule has 0 amide bonds. The lowest BCUT2D eigenvalue weighted by Crippen LogP contribution is -2.35. The topological polar surface area (TPSA) is 38.5 Å². The van der Waals surface area contributed by atoms with Gasteiger partial charge in [-0.25, -0.2) is 0 Å². The van der Waals surface area contributed by atoms with Gasteiger partial charge in [0.1, 0.15) is 0 Å². The number of ether oxygens (including phenoxy) is 1. The van der Waals surface area contributed by atoms with E-state index in [-0.39, 0.29) is 0 Å². The van der Waals surface area contributed by atoms with Crippen LogP contribution in [0.15, 0.2) is 35.7 Å². The SMILES string of the molecule is C=C(/C(C)=C/C=C(\C)N)N1CCOCC1. The fraction of sp³-hybridized carbons (Fsp3) is 0.500. The molecule has 0 aromatic heterocycles. The monoisotopic (exact) mass is 208 g/mol. The summed E-state index contributed by atoms with van der Waals surface area (Å²) in [6, 6.07) is 0. The highest BCUT2D eigenvalue weighted by molar-refractivity contribution is 5.29. The Labute approximate surface area is 91.9 Å². The molecule has 0 spiro atoms. The summed E-state index contributed by atoms with van der Waals surface area (Å²) in [6.07, 6.45) is 3.91. The average molecular weight is 208 g/mol. The normalized spacial score (nSPS) is 19.2. The summed E-state index contributed by atoms with van der Waals surface area (Å²) in [5.74, 6) is 0. The third kappa shape index (κ3) is 3.80. The summed E-state index contributed by atoms with van der Waals surface area (Å²) in [7, 11) is 0. The Morgan fingerprint density at radius 3 is 2.40 bits per heavy atom. The zero-order valence-electron chi connectivity index (χ0n) is 9.62. The Morgan fingerprint density at radius 1 is 1.27 bits per heavy atom. The van der Waals surface area contributed by atoms with Crippen molar-refractivity contribution in [2.45, 2.75) is 13.8 Å². The van der Waals surface area contributed by atoms with Gasteiger partial charge in [-0.2, -0.15) is 0 Å². The molecule has 1 heterocycles. The van der Waals surface area contributed by atoms with Gasteiger partial charge in [-0.15, -0.1) is 0 Å². The molecule has 1 rings (SSSR count). The molecule has 0 aromatic rings. The lowest BCUT2D eigenvalue weighted by Gasteiger charge is -2.30. The molecule has 3 nitrogen and oxygen atoms in total. The molecule has 0 unspecified atom stereocenters. The van der Waals surface area contributed by atoms with E-state index in [9.17, 15) is 0 Å². The Hall–Kier alpha value is -1.22. The van der Waals surface area contributed by atoms with Crippen molar-refractivity contribution in [3.63, 3.8) is 0 Å². The van der Waals surface area contributed by atoms with Gasteiger partial charge in [0.05, 0.1) is 13.2 Å². The third-order valence-electron chi connectivity index (χ3n) is 2.44. The van der Waals surface area contributed by atoms with E-state index in [2.05, 4.69) is 18.4 Å². The lowest BCUT2D eigenvalue weighted by atomic mass is 10.2. The van der Waals surface area contributed by atoms with Gasteiger partial charge in [0.25, 0.3) is 0 Å². The Kier molecular flexibility index (Phi) is 4.43. The summed E-state index contributed by atoms with van der Waals surface area (Å²) in [5.41, 5.74) is 8.60. The molecule has 0 saturated carbocycles.